The first-order valence-electron chi connectivity index (χ1n) is 7.17. The highest BCUT2D eigenvalue weighted by Crippen LogP contribution is 2.26. The van der Waals surface area contributed by atoms with Gasteiger partial charge in [0, 0.05) is 0 Å². The molecular formula is C16H25NO. The average molecular weight is 247 g/mol. The largest absolute Gasteiger partial charge is 0.388 e. The van der Waals surface area contributed by atoms with E-state index in [0.717, 1.165) is 25.1 Å². The van der Waals surface area contributed by atoms with Crippen LogP contribution in [0.1, 0.15) is 49.5 Å². The summed E-state index contributed by atoms with van der Waals surface area (Å²) in [6.45, 7) is 6.31. The van der Waals surface area contributed by atoms with Crippen molar-refractivity contribution >= 4 is 0 Å². The predicted molar refractivity (Wildman–Crippen MR) is 75.8 cm³/mol. The second kappa shape index (κ2) is 6.35. The van der Waals surface area contributed by atoms with Crippen LogP contribution < -0.4 is 5.32 Å². The molecule has 2 rings (SSSR count). The van der Waals surface area contributed by atoms with E-state index in [2.05, 4.69) is 37.4 Å². The first kappa shape index (κ1) is 13.6. The van der Waals surface area contributed by atoms with Crippen LogP contribution in [0.15, 0.2) is 18.2 Å². The van der Waals surface area contributed by atoms with Crippen LogP contribution in [0.4, 0.5) is 0 Å². The smallest absolute Gasteiger partial charge is 0.0802 e. The number of hydrogen-bond donors (Lipinski definition) is 2. The van der Waals surface area contributed by atoms with Gasteiger partial charge in [-0.1, -0.05) is 32.0 Å². The number of hydrogen-bond acceptors (Lipinski definition) is 2. The Morgan fingerprint density at radius 1 is 1.22 bits per heavy atom. The molecule has 18 heavy (non-hydrogen) atoms. The number of aliphatic hydroxyl groups is 1. The van der Waals surface area contributed by atoms with Gasteiger partial charge in [-0.25, -0.2) is 0 Å². The van der Waals surface area contributed by atoms with Gasteiger partial charge in [-0.2, -0.15) is 0 Å². The van der Waals surface area contributed by atoms with E-state index < -0.39 is 0 Å². The minimum Gasteiger partial charge on any atom is -0.388 e. The van der Waals surface area contributed by atoms with Crippen molar-refractivity contribution in [2.75, 3.05) is 13.1 Å². The maximum Gasteiger partial charge on any atom is 0.0802 e. The van der Waals surface area contributed by atoms with Crippen molar-refractivity contribution in [2.45, 2.75) is 45.6 Å². The highest BCUT2D eigenvalue weighted by Gasteiger charge is 2.14. The molecule has 0 spiro atoms. The van der Waals surface area contributed by atoms with Crippen molar-refractivity contribution in [1.82, 2.24) is 5.32 Å². The Morgan fingerprint density at radius 3 is 2.78 bits per heavy atom. The fraction of sp³-hybridized carbons (Fsp3) is 0.625. The van der Waals surface area contributed by atoms with E-state index >= 15 is 0 Å². The summed E-state index contributed by atoms with van der Waals surface area (Å²) >= 11 is 0. The van der Waals surface area contributed by atoms with Crippen molar-refractivity contribution in [3.63, 3.8) is 0 Å². The minimum atomic E-state index is -0.324. The highest BCUT2D eigenvalue weighted by atomic mass is 16.3. The Bertz CT molecular complexity index is 387. The Hall–Kier alpha value is -0.860. The van der Waals surface area contributed by atoms with Gasteiger partial charge in [-0.3, -0.25) is 0 Å². The Morgan fingerprint density at radius 2 is 2.00 bits per heavy atom. The van der Waals surface area contributed by atoms with Gasteiger partial charge in [-0.05, 0) is 61.4 Å². The van der Waals surface area contributed by atoms with E-state index in [0.29, 0.717) is 5.92 Å². The number of benzene rings is 1. The van der Waals surface area contributed by atoms with Gasteiger partial charge in [0.15, 0.2) is 0 Å². The van der Waals surface area contributed by atoms with Crippen LogP contribution in [0.25, 0.3) is 0 Å². The van der Waals surface area contributed by atoms with Crippen LogP contribution >= 0.6 is 0 Å². The fourth-order valence-corrected chi connectivity index (χ4v) is 2.60. The van der Waals surface area contributed by atoms with E-state index in [9.17, 15) is 5.11 Å². The number of rotatable bonds is 6. The highest BCUT2D eigenvalue weighted by molar-refractivity contribution is 5.36. The Balaban J connectivity index is 1.83. The molecule has 0 saturated carbocycles. The van der Waals surface area contributed by atoms with E-state index in [4.69, 9.17) is 0 Å². The van der Waals surface area contributed by atoms with Crippen LogP contribution in [0.3, 0.4) is 0 Å². The van der Waals surface area contributed by atoms with Crippen LogP contribution in [0, 0.1) is 5.92 Å². The second-order valence-corrected chi connectivity index (χ2v) is 5.78. The molecular weight excluding hydrogens is 222 g/mol. The Labute approximate surface area is 110 Å². The summed E-state index contributed by atoms with van der Waals surface area (Å²) in [5.74, 6) is 0.669. The van der Waals surface area contributed by atoms with Crippen molar-refractivity contribution in [3.8, 4) is 0 Å². The van der Waals surface area contributed by atoms with Gasteiger partial charge in [0.05, 0.1) is 6.10 Å². The van der Waals surface area contributed by atoms with Gasteiger partial charge < -0.3 is 10.4 Å². The summed E-state index contributed by atoms with van der Waals surface area (Å²) in [4.78, 5) is 0. The molecule has 0 fully saturated rings. The van der Waals surface area contributed by atoms with Gasteiger partial charge in [0.2, 0.25) is 0 Å². The van der Waals surface area contributed by atoms with Crippen molar-refractivity contribution < 1.29 is 5.11 Å². The molecule has 2 N–H and O–H groups in total. The summed E-state index contributed by atoms with van der Waals surface area (Å²) < 4.78 is 0. The van der Waals surface area contributed by atoms with Gasteiger partial charge in [0.25, 0.3) is 0 Å². The molecule has 0 aromatic heterocycles. The maximum absolute atomic E-state index is 10.2. The van der Waals surface area contributed by atoms with E-state index in [1.165, 1.54) is 30.4 Å². The maximum atomic E-state index is 10.2. The quantitative estimate of drug-likeness (QED) is 0.758. The molecule has 2 nitrogen and oxygen atoms in total. The van der Waals surface area contributed by atoms with E-state index in [1.807, 2.05) is 0 Å². The molecule has 0 radical (unpaired) electrons. The average Bonchev–Trinajstić information content (AvgIpc) is 2.81. The molecule has 0 amide bonds. The fourth-order valence-electron chi connectivity index (χ4n) is 2.60. The summed E-state index contributed by atoms with van der Waals surface area (Å²) in [6, 6.07) is 6.50. The zero-order chi connectivity index (χ0) is 13.0. The van der Waals surface area contributed by atoms with E-state index in [1.54, 1.807) is 0 Å². The molecule has 0 bridgehead atoms. The lowest BCUT2D eigenvalue weighted by molar-refractivity contribution is 0.166. The third-order valence-corrected chi connectivity index (χ3v) is 3.65. The molecule has 0 saturated heterocycles. The van der Waals surface area contributed by atoms with Crippen molar-refractivity contribution in [3.05, 3.63) is 34.9 Å². The monoisotopic (exact) mass is 247 g/mol. The zero-order valence-electron chi connectivity index (χ0n) is 11.6. The number of aryl methyl sites for hydroxylation is 2. The van der Waals surface area contributed by atoms with Crippen molar-refractivity contribution in [2.24, 2.45) is 5.92 Å². The van der Waals surface area contributed by atoms with Gasteiger partial charge in [-0.15, -0.1) is 0 Å². The summed E-state index contributed by atoms with van der Waals surface area (Å²) in [5, 5.41) is 13.6. The third-order valence-electron chi connectivity index (χ3n) is 3.65. The molecule has 1 aliphatic carbocycles. The molecule has 2 heteroatoms. The zero-order valence-corrected chi connectivity index (χ0v) is 11.6. The number of nitrogens with one attached hydrogen (secondary N) is 1. The second-order valence-electron chi connectivity index (χ2n) is 5.78. The molecule has 1 unspecified atom stereocenters. The summed E-state index contributed by atoms with van der Waals surface area (Å²) in [6.07, 6.45) is 4.13. The number of aliphatic hydroxyl groups excluding tert-OH is 1. The predicted octanol–water partition coefficient (Wildman–Crippen LogP) is 2.84. The topological polar surface area (TPSA) is 32.3 Å². The first-order chi connectivity index (χ1) is 8.66. The normalized spacial score (nSPS) is 16.0. The van der Waals surface area contributed by atoms with Crippen molar-refractivity contribution in [1.29, 1.82) is 0 Å². The van der Waals surface area contributed by atoms with Crippen LogP contribution in [-0.2, 0) is 12.8 Å². The summed E-state index contributed by atoms with van der Waals surface area (Å²) in [5.41, 5.74) is 4.01. The van der Waals surface area contributed by atoms with Crippen LogP contribution in [0.2, 0.25) is 0 Å². The Kier molecular flexibility index (Phi) is 4.79. The molecule has 1 atom stereocenters. The van der Waals surface area contributed by atoms with Gasteiger partial charge >= 0.3 is 0 Å². The lowest BCUT2D eigenvalue weighted by atomic mass is 10.0. The molecule has 0 heterocycles. The molecule has 1 aromatic rings. The van der Waals surface area contributed by atoms with E-state index in [-0.39, 0.29) is 6.10 Å². The number of fused-ring (bicyclic) bond motifs is 1. The summed E-state index contributed by atoms with van der Waals surface area (Å²) in [7, 11) is 0. The lowest BCUT2D eigenvalue weighted by Gasteiger charge is -2.14. The van der Waals surface area contributed by atoms with Crippen LogP contribution in [0.5, 0.6) is 0 Å². The van der Waals surface area contributed by atoms with Crippen LogP contribution in [-0.4, -0.2) is 18.2 Å². The molecule has 100 valence electrons. The first-order valence-corrected chi connectivity index (χ1v) is 7.17. The minimum absolute atomic E-state index is 0.324. The lowest BCUT2D eigenvalue weighted by Crippen LogP contribution is -2.22. The van der Waals surface area contributed by atoms with Gasteiger partial charge in [0.1, 0.15) is 0 Å². The molecule has 1 aliphatic rings. The SMILES string of the molecule is CC(C)CNCCC(O)c1ccc2c(c1)CCC2. The third kappa shape index (κ3) is 3.56. The standard InChI is InChI=1S/C16H25NO/c1-12(2)11-17-9-8-16(18)15-7-6-13-4-3-5-14(13)10-15/h6-7,10,12,16-18H,3-5,8-9,11H2,1-2H3. The molecule has 1 aromatic carbocycles. The molecule has 0 aliphatic heterocycles.